The van der Waals surface area contributed by atoms with E-state index in [1.165, 1.54) is 11.8 Å². The zero-order valence-electron chi connectivity index (χ0n) is 13.9. The second-order valence-corrected chi connectivity index (χ2v) is 5.44. The number of morpholine rings is 1. The Morgan fingerprint density at radius 1 is 1.54 bits per heavy atom. The van der Waals surface area contributed by atoms with E-state index in [0.29, 0.717) is 6.54 Å². The van der Waals surface area contributed by atoms with Crippen LogP contribution in [-0.4, -0.2) is 60.2 Å². The number of allylic oxidation sites excluding steroid dienone is 2. The van der Waals surface area contributed by atoms with Gasteiger partial charge in [0.05, 0.1) is 19.4 Å². The molecule has 0 unspecified atom stereocenters. The second-order valence-electron chi connectivity index (χ2n) is 5.44. The van der Waals surface area contributed by atoms with Gasteiger partial charge in [0.15, 0.2) is 5.82 Å². The molecule has 24 heavy (non-hydrogen) atoms. The number of hydrogen-bond donors (Lipinski definition) is 2. The van der Waals surface area contributed by atoms with Crippen LogP contribution in [0.15, 0.2) is 30.0 Å². The summed E-state index contributed by atoms with van der Waals surface area (Å²) in [5.74, 6) is -0.171. The van der Waals surface area contributed by atoms with Crippen LogP contribution in [0.1, 0.15) is 29.7 Å². The van der Waals surface area contributed by atoms with Crippen molar-refractivity contribution in [2.24, 2.45) is 0 Å². The first-order chi connectivity index (χ1) is 11.7. The van der Waals surface area contributed by atoms with Gasteiger partial charge in [0.2, 0.25) is 0 Å². The zero-order valence-corrected chi connectivity index (χ0v) is 13.9. The molecule has 1 aromatic rings. The number of H-pyrrole nitrogens is 1. The molecule has 1 amide bonds. The Labute approximate surface area is 142 Å². The Bertz CT molecular complexity index is 636. The molecule has 0 radical (unpaired) electrons. The maximum absolute atomic E-state index is 11.8. The minimum Gasteiger partial charge on any atom is -0.379 e. The molecule has 0 aromatic carbocycles. The van der Waals surface area contributed by atoms with Crippen LogP contribution in [-0.2, 0) is 4.74 Å². The molecule has 0 atom stereocenters. The van der Waals surface area contributed by atoms with Crippen molar-refractivity contribution in [3.8, 4) is 6.07 Å². The van der Waals surface area contributed by atoms with E-state index < -0.39 is 0 Å². The summed E-state index contributed by atoms with van der Waals surface area (Å²) in [4.78, 5) is 20.7. The summed E-state index contributed by atoms with van der Waals surface area (Å²) in [5.41, 5.74) is 1.51. The van der Waals surface area contributed by atoms with E-state index in [1.807, 2.05) is 25.1 Å². The number of carbonyl (C=O) groups is 1. The molecule has 2 rings (SSSR count). The number of aromatic amines is 1. The van der Waals surface area contributed by atoms with E-state index in [4.69, 9.17) is 10.00 Å². The average Bonchev–Trinajstić information content (AvgIpc) is 3.11. The number of hydrogen-bond acceptors (Lipinski definition) is 5. The molecule has 2 heterocycles. The Morgan fingerprint density at radius 2 is 2.33 bits per heavy atom. The molecule has 1 saturated heterocycles. The van der Waals surface area contributed by atoms with Gasteiger partial charge >= 0.3 is 0 Å². The predicted octanol–water partition coefficient (Wildman–Crippen LogP) is 1.24. The van der Waals surface area contributed by atoms with Crippen molar-refractivity contribution < 1.29 is 9.53 Å². The molecule has 2 N–H and O–H groups in total. The number of aromatic nitrogens is 2. The molecule has 7 nitrogen and oxygen atoms in total. The summed E-state index contributed by atoms with van der Waals surface area (Å²) in [6.07, 6.45) is 8.35. The van der Waals surface area contributed by atoms with Crippen molar-refractivity contribution in [3.05, 3.63) is 41.5 Å². The van der Waals surface area contributed by atoms with E-state index in [-0.39, 0.29) is 17.4 Å². The average molecular weight is 329 g/mol. The Kier molecular flexibility index (Phi) is 7.21. The first-order valence-electron chi connectivity index (χ1n) is 8.08. The number of nitrogens with zero attached hydrogens (tertiary/aromatic N) is 3. The van der Waals surface area contributed by atoms with Crippen molar-refractivity contribution in [2.45, 2.75) is 13.3 Å². The number of nitrogens with one attached hydrogen (secondary N) is 2. The summed E-state index contributed by atoms with van der Waals surface area (Å²) < 4.78 is 5.34. The van der Waals surface area contributed by atoms with E-state index >= 15 is 0 Å². The molecule has 1 fully saturated rings. The fourth-order valence-electron chi connectivity index (χ4n) is 2.37. The maximum atomic E-state index is 11.8. The molecule has 0 saturated carbocycles. The Hall–Kier alpha value is -2.43. The first kappa shape index (κ1) is 17.9. The van der Waals surface area contributed by atoms with Gasteiger partial charge < -0.3 is 15.0 Å². The molecular weight excluding hydrogens is 306 g/mol. The lowest BCUT2D eigenvalue weighted by atomic mass is 10.1. The number of carbonyl (C=O) groups excluding carboxylic acids is 1. The fraction of sp³-hybridized carbons (Fsp3) is 0.471. The number of rotatable bonds is 7. The molecule has 0 aliphatic carbocycles. The van der Waals surface area contributed by atoms with Crippen LogP contribution in [0.4, 0.5) is 0 Å². The molecular formula is C17H23N5O2. The third-order valence-electron chi connectivity index (χ3n) is 3.81. The smallest absolute Gasteiger partial charge is 0.287 e. The van der Waals surface area contributed by atoms with Crippen molar-refractivity contribution >= 4 is 5.91 Å². The van der Waals surface area contributed by atoms with Gasteiger partial charge in [-0.1, -0.05) is 23.8 Å². The van der Waals surface area contributed by atoms with Crippen LogP contribution in [0.3, 0.4) is 0 Å². The Morgan fingerprint density at radius 3 is 3.00 bits per heavy atom. The molecule has 7 heteroatoms. The number of nitriles is 1. The SMILES string of the molecule is C/C=C(\C=C/CNC(=O)c1ncc(C#N)[nH]1)CCN1CCOCC1. The van der Waals surface area contributed by atoms with Gasteiger partial charge in [0, 0.05) is 26.2 Å². The highest BCUT2D eigenvalue weighted by Crippen LogP contribution is 2.07. The van der Waals surface area contributed by atoms with Crippen LogP contribution in [0.25, 0.3) is 0 Å². The summed E-state index contributed by atoms with van der Waals surface area (Å²) in [6, 6.07) is 1.90. The quantitative estimate of drug-likeness (QED) is 0.734. The zero-order chi connectivity index (χ0) is 17.2. The summed E-state index contributed by atoms with van der Waals surface area (Å²) in [7, 11) is 0. The predicted molar refractivity (Wildman–Crippen MR) is 90.4 cm³/mol. The molecule has 1 aromatic heterocycles. The van der Waals surface area contributed by atoms with Gasteiger partial charge in [-0.2, -0.15) is 5.26 Å². The van der Waals surface area contributed by atoms with Crippen LogP contribution in [0.2, 0.25) is 0 Å². The fourth-order valence-corrected chi connectivity index (χ4v) is 2.37. The lowest BCUT2D eigenvalue weighted by Crippen LogP contribution is -2.36. The third kappa shape index (κ3) is 5.65. The van der Waals surface area contributed by atoms with Crippen LogP contribution < -0.4 is 5.32 Å². The van der Waals surface area contributed by atoms with Gasteiger partial charge in [-0.3, -0.25) is 9.69 Å². The molecule has 1 aliphatic rings. The number of amides is 1. The topological polar surface area (TPSA) is 94.0 Å². The van der Waals surface area contributed by atoms with Crippen LogP contribution >= 0.6 is 0 Å². The van der Waals surface area contributed by atoms with Crippen molar-refractivity contribution in [2.75, 3.05) is 39.4 Å². The minimum absolute atomic E-state index is 0.151. The van der Waals surface area contributed by atoms with E-state index in [2.05, 4.69) is 26.3 Å². The largest absolute Gasteiger partial charge is 0.379 e. The van der Waals surface area contributed by atoms with E-state index in [1.54, 1.807) is 0 Å². The molecule has 128 valence electrons. The van der Waals surface area contributed by atoms with Crippen LogP contribution in [0, 0.1) is 11.3 Å². The van der Waals surface area contributed by atoms with Gasteiger partial charge in [-0.05, 0) is 13.3 Å². The molecule has 1 aliphatic heterocycles. The van der Waals surface area contributed by atoms with E-state index in [9.17, 15) is 4.79 Å². The van der Waals surface area contributed by atoms with Gasteiger partial charge in [-0.15, -0.1) is 0 Å². The number of imidazole rings is 1. The highest BCUT2D eigenvalue weighted by molar-refractivity contribution is 5.90. The maximum Gasteiger partial charge on any atom is 0.287 e. The third-order valence-corrected chi connectivity index (χ3v) is 3.81. The minimum atomic E-state index is -0.323. The van der Waals surface area contributed by atoms with Crippen molar-refractivity contribution in [1.82, 2.24) is 20.2 Å². The monoisotopic (exact) mass is 329 g/mol. The number of ether oxygens (including phenoxy) is 1. The van der Waals surface area contributed by atoms with E-state index in [0.717, 1.165) is 39.3 Å². The highest BCUT2D eigenvalue weighted by atomic mass is 16.5. The van der Waals surface area contributed by atoms with Gasteiger partial charge in [0.25, 0.3) is 5.91 Å². The normalized spacial score (nSPS) is 16.2. The van der Waals surface area contributed by atoms with Gasteiger partial charge in [0.1, 0.15) is 11.8 Å². The molecule has 0 spiro atoms. The van der Waals surface area contributed by atoms with Crippen molar-refractivity contribution in [1.29, 1.82) is 5.26 Å². The summed E-state index contributed by atoms with van der Waals surface area (Å²) in [6.45, 7) is 7.05. The summed E-state index contributed by atoms with van der Waals surface area (Å²) >= 11 is 0. The lowest BCUT2D eigenvalue weighted by Gasteiger charge is -2.26. The standard InChI is InChI=1S/C17H23N5O2/c1-2-14(5-7-22-8-10-24-11-9-22)4-3-6-19-17(23)16-20-13-15(12-18)21-16/h2-4,13H,5-11H2,1H3,(H,19,23)(H,20,21)/b4-3-,14-2+. The molecule has 0 bridgehead atoms. The Balaban J connectivity index is 1.71. The highest BCUT2D eigenvalue weighted by Gasteiger charge is 2.10. The van der Waals surface area contributed by atoms with Crippen LogP contribution in [0.5, 0.6) is 0 Å². The summed E-state index contributed by atoms with van der Waals surface area (Å²) in [5, 5.41) is 11.4. The van der Waals surface area contributed by atoms with Gasteiger partial charge in [-0.25, -0.2) is 4.98 Å². The lowest BCUT2D eigenvalue weighted by molar-refractivity contribution is 0.0385. The first-order valence-corrected chi connectivity index (χ1v) is 8.08. The second kappa shape index (κ2) is 9.65. The van der Waals surface area contributed by atoms with Crippen molar-refractivity contribution in [3.63, 3.8) is 0 Å².